The van der Waals surface area contributed by atoms with Crippen molar-refractivity contribution in [1.29, 1.82) is 0 Å². The van der Waals surface area contributed by atoms with Crippen LogP contribution in [0.1, 0.15) is 54.7 Å². The molecule has 198 valence electrons. The Hall–Kier alpha value is -2.54. The van der Waals surface area contributed by atoms with Gasteiger partial charge in [0.25, 0.3) is 6.47 Å². The second-order valence-electron chi connectivity index (χ2n) is 9.65. The van der Waals surface area contributed by atoms with Gasteiger partial charge in [0, 0.05) is 19.4 Å². The minimum Gasteiger partial charge on any atom is -0.460 e. The molecule has 1 fully saturated rings. The molecule has 1 saturated heterocycles. The molecule has 1 aliphatic heterocycles. The zero-order chi connectivity index (χ0) is 26.4. The van der Waals surface area contributed by atoms with E-state index >= 15 is 0 Å². The summed E-state index contributed by atoms with van der Waals surface area (Å²) in [5, 5.41) is 10.8. The van der Waals surface area contributed by atoms with Crippen LogP contribution in [0.15, 0.2) is 17.1 Å². The van der Waals surface area contributed by atoms with Crippen LogP contribution in [0.3, 0.4) is 0 Å². The molecule has 0 aromatic carbocycles. The van der Waals surface area contributed by atoms with Crippen LogP contribution in [-0.4, -0.2) is 83.1 Å². The fourth-order valence-electron chi connectivity index (χ4n) is 3.57. The van der Waals surface area contributed by atoms with Crippen LogP contribution in [0.2, 0.25) is 0 Å². The Labute approximate surface area is 205 Å². The number of amides is 1. The van der Waals surface area contributed by atoms with E-state index in [2.05, 4.69) is 4.98 Å². The molecule has 12 nitrogen and oxygen atoms in total. The highest BCUT2D eigenvalue weighted by Crippen LogP contribution is 2.31. The monoisotopic (exact) mass is 499 g/mol. The molecule has 0 saturated carbocycles. The highest BCUT2D eigenvalue weighted by Gasteiger charge is 2.46. The van der Waals surface area contributed by atoms with Crippen molar-refractivity contribution in [3.05, 3.63) is 22.7 Å². The summed E-state index contributed by atoms with van der Waals surface area (Å²) in [6, 6.07) is 1.42. The molecule has 2 heterocycles. The summed E-state index contributed by atoms with van der Waals surface area (Å²) in [6.07, 6.45) is -2.88. The van der Waals surface area contributed by atoms with Gasteiger partial charge in [-0.3, -0.25) is 14.3 Å². The van der Waals surface area contributed by atoms with E-state index in [1.54, 1.807) is 41.5 Å². The average Bonchev–Trinajstić information content (AvgIpc) is 3.05. The van der Waals surface area contributed by atoms with E-state index in [0.717, 1.165) is 9.47 Å². The molecule has 0 aliphatic carbocycles. The minimum atomic E-state index is -1.15. The maximum Gasteiger partial charge on any atom is 0.416 e. The van der Waals surface area contributed by atoms with Crippen LogP contribution in [0.25, 0.3) is 0 Å². The molecule has 0 spiro atoms. The van der Waals surface area contributed by atoms with Crippen molar-refractivity contribution in [2.45, 2.75) is 84.2 Å². The lowest BCUT2D eigenvalue weighted by Gasteiger charge is -2.32. The van der Waals surface area contributed by atoms with Crippen molar-refractivity contribution in [3.8, 4) is 0 Å². The van der Waals surface area contributed by atoms with Crippen molar-refractivity contribution in [2.24, 2.45) is 0 Å². The Balaban J connectivity index is 2.37. The largest absolute Gasteiger partial charge is 0.460 e. The van der Waals surface area contributed by atoms with E-state index in [4.69, 9.17) is 23.7 Å². The van der Waals surface area contributed by atoms with Crippen molar-refractivity contribution in [3.63, 3.8) is 0 Å². The number of anilines is 1. The molecule has 1 aromatic rings. The fourth-order valence-corrected chi connectivity index (χ4v) is 3.57. The number of hydrogen-bond donors (Lipinski definition) is 1. The summed E-state index contributed by atoms with van der Waals surface area (Å²) >= 11 is 0. The standard InChI is InChI=1S/C23H37N3O9/c1-8-31-12-15-18(32-9-2)17(28)19(34-15)25-11-10-16(24-20(25)29)26(13-23(6,7)33-14-27)21(30)35-22(3,4)5/h10-11,14-15,17-19,28H,8-9,12-13H2,1-7H3/t15-,17?,18+,19-/m1/s1. The Bertz CT molecular complexity index is 912. The quantitative estimate of drug-likeness (QED) is 0.447. The summed E-state index contributed by atoms with van der Waals surface area (Å²) in [5.74, 6) is -0.0113. The van der Waals surface area contributed by atoms with Gasteiger partial charge in [-0.05, 0) is 54.5 Å². The first kappa shape index (κ1) is 28.7. The van der Waals surface area contributed by atoms with E-state index in [0.29, 0.717) is 13.2 Å². The number of rotatable bonds is 11. The summed E-state index contributed by atoms with van der Waals surface area (Å²) < 4.78 is 28.6. The van der Waals surface area contributed by atoms with Gasteiger partial charge in [0.2, 0.25) is 0 Å². The van der Waals surface area contributed by atoms with Crippen LogP contribution in [0.4, 0.5) is 10.6 Å². The van der Waals surface area contributed by atoms with Crippen LogP contribution in [0, 0.1) is 0 Å². The van der Waals surface area contributed by atoms with Gasteiger partial charge in [0.05, 0.1) is 13.2 Å². The van der Waals surface area contributed by atoms with E-state index in [-0.39, 0.29) is 25.4 Å². The van der Waals surface area contributed by atoms with Crippen LogP contribution >= 0.6 is 0 Å². The van der Waals surface area contributed by atoms with Gasteiger partial charge in [-0.25, -0.2) is 9.59 Å². The molecule has 2 rings (SSSR count). The summed E-state index contributed by atoms with van der Waals surface area (Å²) in [5.41, 5.74) is -2.66. The molecular weight excluding hydrogens is 462 g/mol. The van der Waals surface area contributed by atoms with Gasteiger partial charge in [0.15, 0.2) is 6.23 Å². The number of carbonyl (C=O) groups is 2. The highest BCUT2D eigenvalue weighted by atomic mass is 16.6. The van der Waals surface area contributed by atoms with Crippen molar-refractivity contribution in [1.82, 2.24) is 9.55 Å². The average molecular weight is 500 g/mol. The lowest BCUT2D eigenvalue weighted by molar-refractivity contribution is -0.139. The molecule has 0 radical (unpaired) electrons. The number of aromatic nitrogens is 2. The normalized spacial score (nSPS) is 22.6. The molecule has 0 bridgehead atoms. The Morgan fingerprint density at radius 2 is 1.94 bits per heavy atom. The molecular formula is C23H37N3O9. The molecule has 12 heteroatoms. The Morgan fingerprint density at radius 1 is 1.26 bits per heavy atom. The number of nitrogens with zero attached hydrogens (tertiary/aromatic N) is 3. The minimum absolute atomic E-state index is 0.0113. The summed E-state index contributed by atoms with van der Waals surface area (Å²) in [7, 11) is 0. The SMILES string of the molecule is CCOC[C@H]1O[C@@H](n2ccc(N(CC(C)(C)OC=O)C(=O)OC(C)(C)C)nc2=O)C(O)[C@H]1OCC. The predicted octanol–water partition coefficient (Wildman–Crippen LogP) is 1.64. The predicted molar refractivity (Wildman–Crippen MR) is 125 cm³/mol. The number of hydrogen-bond acceptors (Lipinski definition) is 10. The maximum atomic E-state index is 13.0. The van der Waals surface area contributed by atoms with Crippen molar-refractivity contribution >= 4 is 18.4 Å². The second kappa shape index (κ2) is 11.9. The number of aliphatic hydroxyl groups is 1. The van der Waals surface area contributed by atoms with Crippen molar-refractivity contribution < 1.29 is 38.4 Å². The van der Waals surface area contributed by atoms with E-state index < -0.39 is 47.5 Å². The van der Waals surface area contributed by atoms with Gasteiger partial charge >= 0.3 is 11.8 Å². The lowest BCUT2D eigenvalue weighted by atomic mass is 10.1. The van der Waals surface area contributed by atoms with Gasteiger partial charge in [-0.2, -0.15) is 4.98 Å². The second-order valence-corrected chi connectivity index (χ2v) is 9.65. The molecule has 1 N–H and O–H groups in total. The summed E-state index contributed by atoms with van der Waals surface area (Å²) in [6.45, 7) is 13.1. The molecule has 1 aliphatic rings. The number of aliphatic hydroxyl groups excluding tert-OH is 1. The third kappa shape index (κ3) is 7.72. The van der Waals surface area contributed by atoms with Crippen LogP contribution < -0.4 is 10.6 Å². The van der Waals surface area contributed by atoms with Gasteiger partial charge < -0.3 is 28.8 Å². The fraction of sp³-hybridized carbons (Fsp3) is 0.739. The lowest BCUT2D eigenvalue weighted by Crippen LogP contribution is -2.47. The smallest absolute Gasteiger partial charge is 0.416 e. The van der Waals surface area contributed by atoms with Crippen molar-refractivity contribution in [2.75, 3.05) is 31.3 Å². The molecule has 35 heavy (non-hydrogen) atoms. The van der Waals surface area contributed by atoms with Gasteiger partial charge in [0.1, 0.15) is 35.3 Å². The van der Waals surface area contributed by atoms with Crippen LogP contribution in [-0.2, 0) is 28.5 Å². The van der Waals surface area contributed by atoms with Crippen LogP contribution in [0.5, 0.6) is 0 Å². The van der Waals surface area contributed by atoms with E-state index in [1.165, 1.54) is 12.3 Å². The Kier molecular flexibility index (Phi) is 9.78. The first-order valence-corrected chi connectivity index (χ1v) is 11.6. The first-order chi connectivity index (χ1) is 16.3. The molecule has 4 atom stereocenters. The highest BCUT2D eigenvalue weighted by molar-refractivity contribution is 5.86. The zero-order valence-electron chi connectivity index (χ0n) is 21.4. The third-order valence-electron chi connectivity index (χ3n) is 5.04. The maximum absolute atomic E-state index is 13.0. The molecule has 1 amide bonds. The first-order valence-electron chi connectivity index (χ1n) is 11.6. The molecule has 1 unspecified atom stereocenters. The van der Waals surface area contributed by atoms with Gasteiger partial charge in [-0.15, -0.1) is 0 Å². The summed E-state index contributed by atoms with van der Waals surface area (Å²) in [4.78, 5) is 42.0. The number of ether oxygens (including phenoxy) is 5. The number of carbonyl (C=O) groups excluding carboxylic acids is 2. The van der Waals surface area contributed by atoms with Gasteiger partial charge in [-0.1, -0.05) is 0 Å². The zero-order valence-corrected chi connectivity index (χ0v) is 21.4. The van der Waals surface area contributed by atoms with E-state index in [1.807, 2.05) is 6.92 Å². The molecule has 1 aromatic heterocycles. The Morgan fingerprint density at radius 3 is 2.49 bits per heavy atom. The third-order valence-corrected chi connectivity index (χ3v) is 5.04. The van der Waals surface area contributed by atoms with E-state index in [9.17, 15) is 19.5 Å². The topological polar surface area (TPSA) is 139 Å².